The van der Waals surface area contributed by atoms with E-state index in [1.54, 1.807) is 6.92 Å². The highest BCUT2D eigenvalue weighted by Crippen LogP contribution is 2.59. The zero-order chi connectivity index (χ0) is 28.9. The topological polar surface area (TPSA) is 193 Å². The van der Waals surface area contributed by atoms with Gasteiger partial charge in [-0.25, -0.2) is 10.1 Å². The molecular formula is C24H33N6O8PS. The molecule has 4 rings (SSSR count). The molecule has 3 heterocycles. The number of anilines is 1. The Bertz CT molecular complexity index is 1360. The smallest absolute Gasteiger partial charge is 0.327 e. The average molecular weight is 597 g/mol. The normalized spacial score (nSPS) is 22.4. The molecule has 1 aliphatic rings. The number of nitrogens with one attached hydrogen (secondary N) is 1. The van der Waals surface area contributed by atoms with Crippen molar-refractivity contribution >= 4 is 41.2 Å². The molecule has 0 aliphatic carbocycles. The van der Waals surface area contributed by atoms with Gasteiger partial charge in [0.1, 0.15) is 17.7 Å². The van der Waals surface area contributed by atoms with Gasteiger partial charge in [0.15, 0.2) is 17.4 Å². The first-order valence-corrected chi connectivity index (χ1v) is 15.7. The molecule has 16 heteroatoms. The van der Waals surface area contributed by atoms with E-state index in [-0.39, 0.29) is 36.2 Å². The summed E-state index contributed by atoms with van der Waals surface area (Å²) in [6, 6.07) is 8.53. The number of benzene rings is 1. The molecule has 1 aromatic carbocycles. The predicted octanol–water partition coefficient (Wildman–Crippen LogP) is 2.20. The Labute approximate surface area is 234 Å². The third-order valence-corrected chi connectivity index (χ3v) is 10.3. The Kier molecular flexibility index (Phi) is 9.67. The summed E-state index contributed by atoms with van der Waals surface area (Å²) >= 11 is 1.09. The van der Waals surface area contributed by atoms with E-state index in [4.69, 9.17) is 24.5 Å². The molecule has 0 unspecified atom stereocenters. The summed E-state index contributed by atoms with van der Waals surface area (Å²) < 4.78 is 37.0. The van der Waals surface area contributed by atoms with Crippen molar-refractivity contribution in [3.8, 4) is 5.88 Å². The van der Waals surface area contributed by atoms with Crippen molar-refractivity contribution in [2.24, 2.45) is 0 Å². The number of aliphatic hydroxyl groups is 2. The first-order chi connectivity index (χ1) is 19.1. The summed E-state index contributed by atoms with van der Waals surface area (Å²) in [6.07, 6.45) is 0.137. The maximum Gasteiger partial charge on any atom is 0.327 e. The number of carbonyl (C=O) groups excluding carboxylic acids is 1. The SMILES string of the molecule is COc1nc(N)nc2c1ncn2[C@H](OCCO[P@]1(=O)N[C@H](C(=O)O[C@@H](C)c2ccccc2)CCS1)[C@](C)(O)CO. The van der Waals surface area contributed by atoms with E-state index >= 15 is 0 Å². The molecule has 14 nitrogen and oxygen atoms in total. The molecule has 1 fully saturated rings. The van der Waals surface area contributed by atoms with Crippen molar-refractivity contribution in [1.82, 2.24) is 24.6 Å². The lowest BCUT2D eigenvalue weighted by Gasteiger charge is -2.32. The number of hydrogen-bond donors (Lipinski definition) is 4. The second-order valence-electron chi connectivity index (χ2n) is 9.28. The highest BCUT2D eigenvalue weighted by atomic mass is 32.7. The van der Waals surface area contributed by atoms with Gasteiger partial charge in [0.25, 0.3) is 0 Å². The van der Waals surface area contributed by atoms with E-state index < -0.39 is 43.3 Å². The van der Waals surface area contributed by atoms with E-state index in [9.17, 15) is 19.6 Å². The summed E-state index contributed by atoms with van der Waals surface area (Å²) in [5.41, 5.74) is 5.36. The molecule has 0 saturated carbocycles. The van der Waals surface area contributed by atoms with Crippen molar-refractivity contribution in [3.63, 3.8) is 0 Å². The molecule has 218 valence electrons. The number of hydrogen-bond acceptors (Lipinski definition) is 13. The first kappa shape index (κ1) is 30.2. The second kappa shape index (κ2) is 12.8. The Hall–Kier alpha value is -2.78. The van der Waals surface area contributed by atoms with E-state index in [2.05, 4.69) is 20.0 Å². The summed E-state index contributed by atoms with van der Waals surface area (Å²) in [5, 5.41) is 23.5. The molecule has 1 saturated heterocycles. The minimum Gasteiger partial charge on any atom is -0.479 e. The Balaban J connectivity index is 1.38. The van der Waals surface area contributed by atoms with E-state index in [0.29, 0.717) is 12.2 Å². The summed E-state index contributed by atoms with van der Waals surface area (Å²) in [6.45, 7) is -1.25. The molecule has 5 N–H and O–H groups in total. The average Bonchev–Trinajstić information content (AvgIpc) is 3.35. The van der Waals surface area contributed by atoms with Crippen molar-refractivity contribution < 1.29 is 38.3 Å². The van der Waals surface area contributed by atoms with Crippen LogP contribution in [-0.4, -0.2) is 80.0 Å². The number of nitrogens with zero attached hydrogens (tertiary/aromatic N) is 4. The molecule has 1 aliphatic heterocycles. The van der Waals surface area contributed by atoms with Crippen molar-refractivity contribution in [3.05, 3.63) is 42.2 Å². The van der Waals surface area contributed by atoms with Gasteiger partial charge in [0.2, 0.25) is 11.8 Å². The predicted molar refractivity (Wildman–Crippen MR) is 147 cm³/mol. The molecular weight excluding hydrogens is 563 g/mol. The number of aromatic nitrogens is 4. The number of carbonyl (C=O) groups is 1. The van der Waals surface area contributed by atoms with Gasteiger partial charge in [-0.05, 0) is 25.8 Å². The maximum absolute atomic E-state index is 13.3. The highest BCUT2D eigenvalue weighted by Gasteiger charge is 2.38. The monoisotopic (exact) mass is 596 g/mol. The third-order valence-electron chi connectivity index (χ3n) is 6.15. The molecule has 5 atom stereocenters. The van der Waals surface area contributed by atoms with E-state index in [1.165, 1.54) is 24.9 Å². The van der Waals surface area contributed by atoms with Gasteiger partial charge in [-0.15, -0.1) is 0 Å². The lowest BCUT2D eigenvalue weighted by atomic mass is 10.1. The van der Waals surface area contributed by atoms with Gasteiger partial charge < -0.3 is 34.7 Å². The van der Waals surface area contributed by atoms with Crippen LogP contribution in [0.3, 0.4) is 0 Å². The highest BCUT2D eigenvalue weighted by molar-refractivity contribution is 8.56. The van der Waals surface area contributed by atoms with E-state index in [0.717, 1.165) is 16.9 Å². The Morgan fingerprint density at radius 2 is 2.08 bits per heavy atom. The Morgan fingerprint density at radius 1 is 1.32 bits per heavy atom. The standard InChI is InChI=1S/C24H33N6O8PS/c1-15(16-7-5-4-6-8-16)38-21(32)17-9-12-40-39(34,29-17)37-11-10-36-22(24(2,33)13-31)30-14-26-18-19(30)27-23(25)28-20(18)35-3/h4-8,14-15,17,22,31,33H,9-13H2,1-3H3,(H,29,34)(H2,25,27,28)/t15-,17-,22+,24+,39+/m0/s1. The number of nitrogens with two attached hydrogens (primary N) is 1. The van der Waals surface area contributed by atoms with Gasteiger partial charge >= 0.3 is 12.7 Å². The van der Waals surface area contributed by atoms with E-state index in [1.807, 2.05) is 30.3 Å². The van der Waals surface area contributed by atoms with Crippen LogP contribution in [0, 0.1) is 0 Å². The lowest BCUT2D eigenvalue weighted by molar-refractivity contribution is -0.158. The second-order valence-corrected chi connectivity index (χ2v) is 13.7. The largest absolute Gasteiger partial charge is 0.479 e. The molecule has 0 amide bonds. The summed E-state index contributed by atoms with van der Waals surface area (Å²) in [5.74, 6) is -0.0334. The number of imidazole rings is 1. The zero-order valence-corrected chi connectivity index (χ0v) is 24.0. The number of rotatable bonds is 12. The van der Waals surface area contributed by atoms with Crippen LogP contribution in [0.1, 0.15) is 38.2 Å². The van der Waals surface area contributed by atoms with Crippen LogP contribution in [0.5, 0.6) is 5.88 Å². The molecule has 0 radical (unpaired) electrons. The Morgan fingerprint density at radius 3 is 2.77 bits per heavy atom. The first-order valence-electron chi connectivity index (χ1n) is 12.5. The van der Waals surface area contributed by atoms with Crippen LogP contribution < -0.4 is 15.6 Å². The number of methoxy groups -OCH3 is 1. The number of fused-ring (bicyclic) bond motifs is 1. The van der Waals surface area contributed by atoms with Crippen molar-refractivity contribution in [1.29, 1.82) is 0 Å². The zero-order valence-electron chi connectivity index (χ0n) is 22.3. The molecule has 3 aromatic rings. The fourth-order valence-corrected chi connectivity index (χ4v) is 7.88. The van der Waals surface area contributed by atoms with Gasteiger partial charge in [-0.1, -0.05) is 41.7 Å². The van der Waals surface area contributed by atoms with Crippen LogP contribution in [0.25, 0.3) is 11.2 Å². The van der Waals surface area contributed by atoms with Crippen molar-refractivity contribution in [2.45, 2.75) is 44.2 Å². The fourth-order valence-electron chi connectivity index (χ4n) is 4.05. The number of esters is 1. The third kappa shape index (κ3) is 6.92. The van der Waals surface area contributed by atoms with Crippen molar-refractivity contribution in [2.75, 3.05) is 38.4 Å². The van der Waals surface area contributed by atoms with Gasteiger partial charge in [-0.2, -0.15) is 9.97 Å². The maximum atomic E-state index is 13.3. The number of aliphatic hydroxyl groups excluding tert-OH is 1. The molecule has 2 aromatic heterocycles. The van der Waals surface area contributed by atoms with Gasteiger partial charge in [0.05, 0.1) is 33.3 Å². The van der Waals surface area contributed by atoms with Crippen LogP contribution in [0.2, 0.25) is 0 Å². The van der Waals surface area contributed by atoms with Crippen LogP contribution in [0.15, 0.2) is 36.7 Å². The lowest BCUT2D eigenvalue weighted by Crippen LogP contribution is -2.42. The van der Waals surface area contributed by atoms with Gasteiger partial charge in [-0.3, -0.25) is 13.9 Å². The molecule has 0 bridgehead atoms. The minimum absolute atomic E-state index is 0.0819. The van der Waals surface area contributed by atoms with Crippen LogP contribution in [0.4, 0.5) is 5.95 Å². The number of ether oxygens (including phenoxy) is 3. The quantitative estimate of drug-likeness (QED) is 0.135. The summed E-state index contributed by atoms with van der Waals surface area (Å²) in [4.78, 5) is 25.1. The van der Waals surface area contributed by atoms with Crippen LogP contribution >= 0.6 is 18.1 Å². The van der Waals surface area contributed by atoms with Crippen LogP contribution in [-0.2, 0) is 23.4 Å². The molecule has 0 spiro atoms. The number of nitrogen functional groups attached to an aromatic ring is 1. The fraction of sp³-hybridized carbons (Fsp3) is 0.500. The molecule has 40 heavy (non-hydrogen) atoms. The minimum atomic E-state index is -3.46. The van der Waals surface area contributed by atoms with Gasteiger partial charge in [0, 0.05) is 5.75 Å². The summed E-state index contributed by atoms with van der Waals surface area (Å²) in [7, 11) is 1.41.